The lowest BCUT2D eigenvalue weighted by Crippen LogP contribution is -2.09. The number of alkyl halides is 1. The minimum Gasteiger partial charge on any atom is -0.493 e. The topological polar surface area (TPSA) is 49.2 Å². The highest BCUT2D eigenvalue weighted by Crippen LogP contribution is 2.25. The van der Waals surface area contributed by atoms with Gasteiger partial charge in [0.15, 0.2) is 11.5 Å². The van der Waals surface area contributed by atoms with Crippen LogP contribution in [0.1, 0.15) is 5.69 Å². The molecular weight excluding hydrogens is 254 g/mol. The number of nitrogens with zero attached hydrogens (tertiary/aromatic N) is 3. The standard InChI is InChI=1S/C12H14ClN3O2/c1-17-11-4-2-3-5-12(11)18-7-6-16-9-10(8-13)14-15-16/h2-5,9H,6-8H2,1H3. The summed E-state index contributed by atoms with van der Waals surface area (Å²) < 4.78 is 12.5. The predicted octanol–water partition coefficient (Wildman–Crippen LogP) is 2.10. The normalized spacial score (nSPS) is 10.3. The molecule has 0 unspecified atom stereocenters. The maximum Gasteiger partial charge on any atom is 0.161 e. The van der Waals surface area contributed by atoms with Crippen LogP contribution >= 0.6 is 11.6 Å². The molecule has 96 valence electrons. The first-order chi connectivity index (χ1) is 8.83. The van der Waals surface area contributed by atoms with Gasteiger partial charge in [0, 0.05) is 6.20 Å². The Hall–Kier alpha value is -1.75. The van der Waals surface area contributed by atoms with Crippen LogP contribution < -0.4 is 9.47 Å². The number of rotatable bonds is 6. The van der Waals surface area contributed by atoms with Gasteiger partial charge in [-0.15, -0.1) is 16.7 Å². The van der Waals surface area contributed by atoms with Gasteiger partial charge >= 0.3 is 0 Å². The molecule has 0 spiro atoms. The van der Waals surface area contributed by atoms with Gasteiger partial charge in [0.1, 0.15) is 6.61 Å². The van der Waals surface area contributed by atoms with Crippen LogP contribution in [0.15, 0.2) is 30.5 Å². The zero-order chi connectivity index (χ0) is 12.8. The van der Waals surface area contributed by atoms with Crippen LogP contribution in [-0.4, -0.2) is 28.7 Å². The fourth-order valence-electron chi connectivity index (χ4n) is 1.50. The van der Waals surface area contributed by atoms with Crippen LogP contribution in [0.25, 0.3) is 0 Å². The molecule has 0 aliphatic rings. The highest BCUT2D eigenvalue weighted by Gasteiger charge is 2.03. The molecule has 2 aromatic rings. The highest BCUT2D eigenvalue weighted by atomic mass is 35.5. The van der Waals surface area contributed by atoms with E-state index in [1.165, 1.54) is 0 Å². The van der Waals surface area contributed by atoms with Crippen molar-refractivity contribution in [3.05, 3.63) is 36.2 Å². The first kappa shape index (κ1) is 12.7. The number of hydrogen-bond acceptors (Lipinski definition) is 4. The van der Waals surface area contributed by atoms with Crippen molar-refractivity contribution in [1.82, 2.24) is 15.0 Å². The maximum absolute atomic E-state index is 5.65. The van der Waals surface area contributed by atoms with Crippen LogP contribution in [-0.2, 0) is 12.4 Å². The van der Waals surface area contributed by atoms with Crippen LogP contribution in [0, 0.1) is 0 Å². The molecule has 0 atom stereocenters. The largest absolute Gasteiger partial charge is 0.493 e. The number of benzene rings is 1. The quantitative estimate of drug-likeness (QED) is 0.752. The van der Waals surface area contributed by atoms with Crippen molar-refractivity contribution in [1.29, 1.82) is 0 Å². The molecule has 1 heterocycles. The van der Waals surface area contributed by atoms with E-state index >= 15 is 0 Å². The van der Waals surface area contributed by atoms with E-state index in [-0.39, 0.29) is 0 Å². The van der Waals surface area contributed by atoms with Gasteiger partial charge in [-0.25, -0.2) is 4.68 Å². The minimum atomic E-state index is 0.368. The Morgan fingerprint density at radius 1 is 1.28 bits per heavy atom. The third-order valence-corrected chi connectivity index (χ3v) is 2.64. The summed E-state index contributed by atoms with van der Waals surface area (Å²) >= 11 is 5.65. The van der Waals surface area contributed by atoms with Crippen molar-refractivity contribution in [2.24, 2.45) is 0 Å². The molecule has 0 saturated carbocycles. The fraction of sp³-hybridized carbons (Fsp3) is 0.333. The number of para-hydroxylation sites is 2. The van der Waals surface area contributed by atoms with Crippen LogP contribution in [0.3, 0.4) is 0 Å². The second-order valence-corrected chi connectivity index (χ2v) is 3.87. The molecule has 1 aromatic carbocycles. The smallest absolute Gasteiger partial charge is 0.161 e. The molecule has 18 heavy (non-hydrogen) atoms. The second-order valence-electron chi connectivity index (χ2n) is 3.61. The second kappa shape index (κ2) is 6.26. The Morgan fingerprint density at radius 2 is 2.06 bits per heavy atom. The molecule has 0 bridgehead atoms. The summed E-state index contributed by atoms with van der Waals surface area (Å²) in [7, 11) is 1.62. The lowest BCUT2D eigenvalue weighted by molar-refractivity contribution is 0.273. The lowest BCUT2D eigenvalue weighted by Gasteiger charge is -2.09. The van der Waals surface area contributed by atoms with Gasteiger partial charge in [0.25, 0.3) is 0 Å². The molecule has 5 nitrogen and oxygen atoms in total. The summed E-state index contributed by atoms with van der Waals surface area (Å²) in [6, 6.07) is 7.52. The van der Waals surface area contributed by atoms with Crippen LogP contribution in [0.5, 0.6) is 11.5 Å². The highest BCUT2D eigenvalue weighted by molar-refractivity contribution is 6.16. The van der Waals surface area contributed by atoms with E-state index in [4.69, 9.17) is 21.1 Å². The zero-order valence-electron chi connectivity index (χ0n) is 10.0. The van der Waals surface area contributed by atoms with Crippen molar-refractivity contribution in [3.63, 3.8) is 0 Å². The average molecular weight is 268 g/mol. The third kappa shape index (κ3) is 3.13. The summed E-state index contributed by atoms with van der Waals surface area (Å²) in [6.45, 7) is 1.10. The molecular formula is C12H14ClN3O2. The number of methoxy groups -OCH3 is 1. The molecule has 0 radical (unpaired) electrons. The van der Waals surface area contributed by atoms with Gasteiger partial charge in [-0.05, 0) is 12.1 Å². The van der Waals surface area contributed by atoms with Crippen molar-refractivity contribution >= 4 is 11.6 Å². The monoisotopic (exact) mass is 267 g/mol. The number of ether oxygens (including phenoxy) is 2. The summed E-state index contributed by atoms with van der Waals surface area (Å²) in [4.78, 5) is 0. The molecule has 6 heteroatoms. The molecule has 0 amide bonds. The molecule has 0 aliphatic carbocycles. The first-order valence-corrected chi connectivity index (χ1v) is 6.07. The van der Waals surface area contributed by atoms with Crippen molar-refractivity contribution in [3.8, 4) is 11.5 Å². The number of halogens is 1. The first-order valence-electron chi connectivity index (χ1n) is 5.54. The average Bonchev–Trinajstić information content (AvgIpc) is 2.87. The van der Waals surface area contributed by atoms with E-state index in [0.29, 0.717) is 19.0 Å². The van der Waals surface area contributed by atoms with Gasteiger partial charge < -0.3 is 9.47 Å². The van der Waals surface area contributed by atoms with Gasteiger partial charge in [-0.2, -0.15) is 0 Å². The SMILES string of the molecule is COc1ccccc1OCCn1cc(CCl)nn1. The van der Waals surface area contributed by atoms with E-state index in [1.54, 1.807) is 18.0 Å². The Labute approximate surface area is 110 Å². The van der Waals surface area contributed by atoms with Crippen LogP contribution in [0.2, 0.25) is 0 Å². The van der Waals surface area contributed by atoms with Gasteiger partial charge in [0.2, 0.25) is 0 Å². The predicted molar refractivity (Wildman–Crippen MR) is 68.1 cm³/mol. The lowest BCUT2D eigenvalue weighted by atomic mass is 10.3. The summed E-state index contributed by atoms with van der Waals surface area (Å²) in [5, 5.41) is 7.83. The van der Waals surface area contributed by atoms with Crippen molar-refractivity contribution in [2.45, 2.75) is 12.4 Å². The summed E-state index contributed by atoms with van der Waals surface area (Å²) in [5.74, 6) is 1.81. The van der Waals surface area contributed by atoms with E-state index < -0.39 is 0 Å². The minimum absolute atomic E-state index is 0.368. The Bertz CT molecular complexity index is 502. The van der Waals surface area contributed by atoms with Gasteiger partial charge in [-0.3, -0.25) is 0 Å². The van der Waals surface area contributed by atoms with Gasteiger partial charge in [-0.1, -0.05) is 17.3 Å². The van der Waals surface area contributed by atoms with E-state index in [0.717, 1.165) is 17.2 Å². The molecule has 0 N–H and O–H groups in total. The van der Waals surface area contributed by atoms with Crippen molar-refractivity contribution < 1.29 is 9.47 Å². The van der Waals surface area contributed by atoms with E-state index in [1.807, 2.05) is 24.3 Å². The fourth-order valence-corrected chi connectivity index (χ4v) is 1.62. The number of hydrogen-bond donors (Lipinski definition) is 0. The third-order valence-electron chi connectivity index (χ3n) is 2.37. The molecule has 0 saturated heterocycles. The molecule has 1 aromatic heterocycles. The van der Waals surface area contributed by atoms with E-state index in [2.05, 4.69) is 10.3 Å². The maximum atomic E-state index is 5.65. The van der Waals surface area contributed by atoms with Crippen molar-refractivity contribution in [2.75, 3.05) is 13.7 Å². The van der Waals surface area contributed by atoms with Crippen LogP contribution in [0.4, 0.5) is 0 Å². The summed E-state index contributed by atoms with van der Waals surface area (Å²) in [6.07, 6.45) is 1.80. The Morgan fingerprint density at radius 3 is 2.72 bits per heavy atom. The zero-order valence-corrected chi connectivity index (χ0v) is 10.8. The van der Waals surface area contributed by atoms with Gasteiger partial charge in [0.05, 0.1) is 25.2 Å². The Kier molecular flexibility index (Phi) is 4.41. The number of aromatic nitrogens is 3. The Balaban J connectivity index is 1.88. The molecule has 2 rings (SSSR count). The van der Waals surface area contributed by atoms with E-state index in [9.17, 15) is 0 Å². The summed E-state index contributed by atoms with van der Waals surface area (Å²) in [5.41, 5.74) is 0.758. The molecule has 0 aliphatic heterocycles. The molecule has 0 fully saturated rings.